The average Bonchev–Trinajstić information content (AvgIpc) is 3.50. The molecule has 2 aliphatic rings. The zero-order valence-corrected chi connectivity index (χ0v) is 23.2. The van der Waals surface area contributed by atoms with Crippen molar-refractivity contribution in [3.63, 3.8) is 0 Å². The second-order valence-electron chi connectivity index (χ2n) is 8.87. The van der Waals surface area contributed by atoms with E-state index in [0.717, 1.165) is 83.9 Å². The molecule has 192 valence electrons. The maximum Gasteiger partial charge on any atom is 0.252 e. The summed E-state index contributed by atoms with van der Waals surface area (Å²) in [4.78, 5) is 27.9. The lowest BCUT2D eigenvalue weighted by molar-refractivity contribution is 0.0953. The summed E-state index contributed by atoms with van der Waals surface area (Å²) in [5.74, 6) is 0.678. The van der Waals surface area contributed by atoms with Crippen molar-refractivity contribution < 1.29 is 4.79 Å². The van der Waals surface area contributed by atoms with Gasteiger partial charge in [0.05, 0.1) is 10.6 Å². The zero-order valence-electron chi connectivity index (χ0n) is 20.0. The van der Waals surface area contributed by atoms with Gasteiger partial charge in [0.2, 0.25) is 5.95 Å². The Morgan fingerprint density at radius 2 is 1.89 bits per heavy atom. The number of thiophene rings is 1. The topological polar surface area (TPSA) is 73.4 Å². The number of aryl methyl sites for hydroxylation is 1. The van der Waals surface area contributed by atoms with Crippen molar-refractivity contribution in [3.8, 4) is 10.6 Å². The van der Waals surface area contributed by atoms with Gasteiger partial charge in [0.25, 0.3) is 5.91 Å². The minimum absolute atomic E-state index is 0. The quantitative estimate of drug-likeness (QED) is 0.445. The Morgan fingerprint density at radius 1 is 1.14 bits per heavy atom. The van der Waals surface area contributed by atoms with Crippen LogP contribution in [0.2, 0.25) is 0 Å². The molecule has 2 fully saturated rings. The molecule has 35 heavy (non-hydrogen) atoms. The molecule has 5 rings (SSSR count). The van der Waals surface area contributed by atoms with E-state index in [0.29, 0.717) is 12.0 Å². The number of piperazine rings is 1. The Labute approximate surface area is 229 Å². The molecule has 3 aromatic rings. The van der Waals surface area contributed by atoms with E-state index < -0.39 is 0 Å². The number of anilines is 1. The SMILES string of the molecule is Cc1cnc(NCCN2CCN(C)CC2)nc1-c1cc2c(C(=O)NC3CC3)cccc2s1.Cl.Cl.Cl. The van der Waals surface area contributed by atoms with E-state index in [1.165, 1.54) is 0 Å². The van der Waals surface area contributed by atoms with Gasteiger partial charge in [-0.3, -0.25) is 9.69 Å². The van der Waals surface area contributed by atoms with Gasteiger partial charge in [-0.25, -0.2) is 9.97 Å². The molecular weight excluding hydrogens is 527 g/mol. The molecule has 11 heteroatoms. The van der Waals surface area contributed by atoms with Gasteiger partial charge in [0.15, 0.2) is 0 Å². The predicted molar refractivity (Wildman–Crippen MR) is 152 cm³/mol. The van der Waals surface area contributed by atoms with E-state index in [9.17, 15) is 4.79 Å². The monoisotopic (exact) mass is 558 g/mol. The molecule has 1 aliphatic carbocycles. The fourth-order valence-corrected chi connectivity index (χ4v) is 5.18. The number of halogens is 3. The number of carbonyl (C=O) groups is 1. The third-order valence-electron chi connectivity index (χ3n) is 6.23. The second-order valence-corrected chi connectivity index (χ2v) is 9.96. The smallest absolute Gasteiger partial charge is 0.252 e. The lowest BCUT2D eigenvalue weighted by Crippen LogP contribution is -2.45. The fraction of sp³-hybridized carbons (Fsp3) is 0.458. The molecular formula is C24H33Cl3N6OS. The van der Waals surface area contributed by atoms with Crippen LogP contribution in [0, 0.1) is 6.92 Å². The number of likely N-dealkylation sites (N-methyl/N-ethyl adjacent to an activating group) is 1. The van der Waals surface area contributed by atoms with Crippen molar-refractivity contribution in [2.45, 2.75) is 25.8 Å². The molecule has 7 nitrogen and oxygen atoms in total. The Kier molecular flexibility index (Phi) is 11.0. The predicted octanol–water partition coefficient (Wildman–Crippen LogP) is 4.48. The first-order valence-electron chi connectivity index (χ1n) is 11.4. The highest BCUT2D eigenvalue weighted by Crippen LogP contribution is 2.36. The van der Waals surface area contributed by atoms with E-state index in [2.05, 4.69) is 44.6 Å². The molecule has 0 bridgehead atoms. The van der Waals surface area contributed by atoms with Crippen molar-refractivity contribution in [2.75, 3.05) is 51.6 Å². The lowest BCUT2D eigenvalue weighted by atomic mass is 10.1. The van der Waals surface area contributed by atoms with Crippen LogP contribution in [0.5, 0.6) is 0 Å². The molecule has 0 atom stereocenters. The molecule has 1 amide bonds. The molecule has 0 unspecified atom stereocenters. The van der Waals surface area contributed by atoms with Gasteiger partial charge in [0.1, 0.15) is 0 Å². The Morgan fingerprint density at radius 3 is 2.60 bits per heavy atom. The first kappa shape index (κ1) is 29.5. The molecule has 3 heterocycles. The summed E-state index contributed by atoms with van der Waals surface area (Å²) in [6, 6.07) is 8.39. The highest BCUT2D eigenvalue weighted by atomic mass is 35.5. The van der Waals surface area contributed by atoms with E-state index in [1.807, 2.05) is 25.3 Å². The van der Waals surface area contributed by atoms with Gasteiger partial charge in [-0.05, 0) is 50.6 Å². The van der Waals surface area contributed by atoms with Gasteiger partial charge in [0, 0.05) is 67.2 Å². The van der Waals surface area contributed by atoms with Crippen LogP contribution in [-0.4, -0.2) is 78.0 Å². The molecule has 2 aromatic heterocycles. The largest absolute Gasteiger partial charge is 0.353 e. The van der Waals surface area contributed by atoms with E-state index in [4.69, 9.17) is 4.98 Å². The number of rotatable bonds is 7. The lowest BCUT2D eigenvalue weighted by Gasteiger charge is -2.32. The fourth-order valence-electron chi connectivity index (χ4n) is 4.04. The van der Waals surface area contributed by atoms with Crippen LogP contribution in [-0.2, 0) is 0 Å². The molecule has 1 saturated heterocycles. The third kappa shape index (κ3) is 7.18. The minimum atomic E-state index is 0. The van der Waals surface area contributed by atoms with Gasteiger partial charge < -0.3 is 15.5 Å². The number of hydrogen-bond donors (Lipinski definition) is 2. The molecule has 1 aliphatic heterocycles. The molecule has 2 N–H and O–H groups in total. The highest BCUT2D eigenvalue weighted by molar-refractivity contribution is 7.22. The maximum absolute atomic E-state index is 12.7. The van der Waals surface area contributed by atoms with Gasteiger partial charge >= 0.3 is 0 Å². The molecule has 1 saturated carbocycles. The van der Waals surface area contributed by atoms with Crippen LogP contribution in [0.4, 0.5) is 5.95 Å². The summed E-state index contributed by atoms with van der Waals surface area (Å²) in [5, 5.41) is 7.50. The van der Waals surface area contributed by atoms with E-state index >= 15 is 0 Å². The van der Waals surface area contributed by atoms with Crippen molar-refractivity contribution >= 4 is 70.5 Å². The van der Waals surface area contributed by atoms with Crippen LogP contribution < -0.4 is 10.6 Å². The Bertz CT molecular complexity index is 1130. The summed E-state index contributed by atoms with van der Waals surface area (Å²) in [6.45, 7) is 8.31. The number of nitrogens with one attached hydrogen (secondary N) is 2. The summed E-state index contributed by atoms with van der Waals surface area (Å²) >= 11 is 1.68. The summed E-state index contributed by atoms with van der Waals surface area (Å²) in [5.41, 5.74) is 2.70. The van der Waals surface area contributed by atoms with Gasteiger partial charge in [-0.2, -0.15) is 0 Å². The highest BCUT2D eigenvalue weighted by Gasteiger charge is 2.25. The number of carbonyl (C=O) groups excluding carboxylic acids is 1. The number of amides is 1. The summed E-state index contributed by atoms with van der Waals surface area (Å²) < 4.78 is 1.10. The standard InChI is InChI=1S/C24H30N6OS.3ClH/c1-16-15-26-24(25-8-9-30-12-10-29(2)11-13-30)28-22(16)21-14-19-18(4-3-5-20(19)32-21)23(31)27-17-6-7-17;;;/h3-5,14-15,17H,6-13H2,1-2H3,(H,27,31)(H,25,26,28);3*1H. The first-order valence-corrected chi connectivity index (χ1v) is 12.2. The summed E-state index contributed by atoms with van der Waals surface area (Å²) in [7, 11) is 2.17. The maximum atomic E-state index is 12.7. The third-order valence-corrected chi connectivity index (χ3v) is 7.34. The van der Waals surface area contributed by atoms with Crippen LogP contribution in [0.15, 0.2) is 30.5 Å². The van der Waals surface area contributed by atoms with Crippen LogP contribution in [0.3, 0.4) is 0 Å². The van der Waals surface area contributed by atoms with Gasteiger partial charge in [-0.1, -0.05) is 6.07 Å². The second kappa shape index (κ2) is 13.0. The van der Waals surface area contributed by atoms with Crippen molar-refractivity contribution in [1.82, 2.24) is 25.1 Å². The van der Waals surface area contributed by atoms with Crippen LogP contribution >= 0.6 is 48.6 Å². The minimum Gasteiger partial charge on any atom is -0.353 e. The normalized spacial score (nSPS) is 16.1. The van der Waals surface area contributed by atoms with Crippen molar-refractivity contribution in [2.24, 2.45) is 0 Å². The van der Waals surface area contributed by atoms with Crippen LogP contribution in [0.25, 0.3) is 20.7 Å². The van der Waals surface area contributed by atoms with E-state index in [1.54, 1.807) is 11.3 Å². The molecule has 0 radical (unpaired) electrons. The first-order chi connectivity index (χ1) is 15.6. The van der Waals surface area contributed by atoms with Crippen molar-refractivity contribution in [3.05, 3.63) is 41.6 Å². The van der Waals surface area contributed by atoms with E-state index in [-0.39, 0.29) is 43.1 Å². The number of fused-ring (bicyclic) bond motifs is 1. The Hall–Kier alpha value is -1.68. The molecule has 0 spiro atoms. The number of benzene rings is 1. The van der Waals surface area contributed by atoms with Gasteiger partial charge in [-0.15, -0.1) is 48.6 Å². The zero-order chi connectivity index (χ0) is 22.1. The summed E-state index contributed by atoms with van der Waals surface area (Å²) in [6.07, 6.45) is 4.05. The van der Waals surface area contributed by atoms with Crippen molar-refractivity contribution in [1.29, 1.82) is 0 Å². The van der Waals surface area contributed by atoms with Crippen LogP contribution in [0.1, 0.15) is 28.8 Å². The number of aromatic nitrogens is 2. The average molecular weight is 560 g/mol. The number of hydrogen-bond acceptors (Lipinski definition) is 7. The number of nitrogens with zero attached hydrogens (tertiary/aromatic N) is 4. The Balaban J connectivity index is 0.00000144. The molecule has 1 aromatic carbocycles.